The summed E-state index contributed by atoms with van der Waals surface area (Å²) in [4.78, 5) is 10.2. The summed E-state index contributed by atoms with van der Waals surface area (Å²) in [5.74, 6) is 2.33. The Kier molecular flexibility index (Phi) is 9.23. The first-order chi connectivity index (χ1) is 36.6. The Balaban J connectivity index is 0.997. The fourth-order valence-electron chi connectivity index (χ4n) is 12.6. The molecule has 0 amide bonds. The molecule has 9 aromatic carbocycles. The van der Waals surface area contributed by atoms with Gasteiger partial charge in [-0.1, -0.05) is 150 Å². The van der Waals surface area contributed by atoms with Gasteiger partial charge in [-0.15, -0.1) is 0 Å². The van der Waals surface area contributed by atoms with Gasteiger partial charge in [-0.05, 0) is 129 Å². The summed E-state index contributed by atoms with van der Waals surface area (Å²) in [6.07, 6.45) is 5.72. The largest absolute Gasteiger partial charge is 0.458 e. The molecule has 0 radical (unpaired) electrons. The zero-order valence-electron chi connectivity index (χ0n) is 42.5. The molecular weight excluding hydrogens is 916 g/mol. The Morgan fingerprint density at radius 3 is 1.92 bits per heavy atom. The molecule has 7 nitrogen and oxygen atoms in total. The van der Waals surface area contributed by atoms with Crippen molar-refractivity contribution < 1.29 is 9.30 Å². The van der Waals surface area contributed by atoms with E-state index in [9.17, 15) is 0 Å². The average molecular weight is 967 g/mol. The number of hydrogen-bond donors (Lipinski definition) is 0. The molecule has 0 aliphatic carbocycles. The number of imidazole rings is 1. The lowest BCUT2D eigenvalue weighted by atomic mass is 9.33. The van der Waals surface area contributed by atoms with Crippen molar-refractivity contribution in [2.24, 2.45) is 0 Å². The van der Waals surface area contributed by atoms with E-state index in [1.54, 1.807) is 0 Å². The smallest absolute Gasteiger partial charge is 0.269 e. The quantitative estimate of drug-likeness (QED) is 0.0946. The highest BCUT2D eigenvalue weighted by Crippen LogP contribution is 2.51. The van der Waals surface area contributed by atoms with E-state index in [4.69, 9.17) is 9.72 Å². The Labute approximate surface area is 436 Å². The SMILES string of the molecule is CC(C)(C)c1ccnc(-n2c3cc(Oc4ccc5c(c4)-n4[c-][n+](-c6ccccc6)c6cccc(c64)C5(C)C)ccc3c3c4c5c(cc32)N(c2ccccc2)c2ccccc2B5c2ccccc2N4c2ccccc2)c1. The van der Waals surface area contributed by atoms with Crippen LogP contribution in [0.1, 0.15) is 51.3 Å². The maximum absolute atomic E-state index is 7.11. The molecule has 0 fully saturated rings. The fraction of sp³-hybridized carbons (Fsp3) is 0.104. The van der Waals surface area contributed by atoms with Crippen molar-refractivity contribution in [1.82, 2.24) is 14.1 Å². The normalized spacial score (nSPS) is 14.0. The molecule has 0 saturated heterocycles. The summed E-state index contributed by atoms with van der Waals surface area (Å²) < 4.78 is 13.9. The zero-order valence-corrected chi connectivity index (χ0v) is 42.5. The first kappa shape index (κ1) is 43.4. The van der Waals surface area contributed by atoms with Crippen LogP contribution in [0.5, 0.6) is 11.5 Å². The Hall–Kier alpha value is -9.14. The predicted molar refractivity (Wildman–Crippen MR) is 307 cm³/mol. The average Bonchev–Trinajstić information content (AvgIpc) is 4.00. The van der Waals surface area contributed by atoms with E-state index in [1.165, 1.54) is 44.5 Å². The molecule has 6 heterocycles. The van der Waals surface area contributed by atoms with Gasteiger partial charge >= 0.3 is 0 Å². The molecule has 3 aliphatic rings. The zero-order chi connectivity index (χ0) is 50.3. The summed E-state index contributed by atoms with van der Waals surface area (Å²) in [6.45, 7) is 11.4. The molecular formula is C67H51BN6O. The van der Waals surface area contributed by atoms with Gasteiger partial charge in [0.2, 0.25) is 0 Å². The van der Waals surface area contributed by atoms with Crippen LogP contribution >= 0.6 is 0 Å². The minimum absolute atomic E-state index is 0.0306. The lowest BCUT2D eigenvalue weighted by molar-refractivity contribution is -0.572. The molecule has 0 N–H and O–H groups in total. The van der Waals surface area contributed by atoms with Crippen molar-refractivity contribution in [2.45, 2.75) is 45.4 Å². The summed E-state index contributed by atoms with van der Waals surface area (Å²) >= 11 is 0. The van der Waals surface area contributed by atoms with Gasteiger partial charge in [0.05, 0.1) is 39.1 Å². The lowest BCUT2D eigenvalue weighted by Crippen LogP contribution is -2.61. The third-order valence-corrected chi connectivity index (χ3v) is 16.1. The van der Waals surface area contributed by atoms with Gasteiger partial charge in [0.1, 0.15) is 17.3 Å². The number of anilines is 6. The Bertz CT molecular complexity index is 4290. The van der Waals surface area contributed by atoms with Crippen molar-refractivity contribution in [3.8, 4) is 28.7 Å². The van der Waals surface area contributed by atoms with E-state index in [1.807, 2.05) is 6.20 Å². The highest BCUT2D eigenvalue weighted by atomic mass is 16.5. The van der Waals surface area contributed by atoms with Crippen LogP contribution in [0.2, 0.25) is 0 Å². The van der Waals surface area contributed by atoms with Crippen LogP contribution in [0.15, 0.2) is 219 Å². The number of nitrogens with zero attached hydrogens (tertiary/aromatic N) is 6. The lowest BCUT2D eigenvalue weighted by Gasteiger charge is -2.44. The molecule has 0 unspecified atom stereocenters. The number of hydrogen-bond acceptors (Lipinski definition) is 4. The Morgan fingerprint density at radius 1 is 0.560 bits per heavy atom. The minimum Gasteiger partial charge on any atom is -0.458 e. The summed E-state index contributed by atoms with van der Waals surface area (Å²) in [5.41, 5.74) is 20.4. The van der Waals surface area contributed by atoms with Gasteiger partial charge in [0.25, 0.3) is 13.0 Å². The molecule has 3 aromatic heterocycles. The predicted octanol–water partition coefficient (Wildman–Crippen LogP) is 14.0. The maximum Gasteiger partial charge on any atom is 0.269 e. The van der Waals surface area contributed by atoms with Crippen LogP contribution in [0.3, 0.4) is 0 Å². The fourth-order valence-corrected chi connectivity index (χ4v) is 12.6. The first-order valence-corrected chi connectivity index (χ1v) is 26.0. The first-order valence-electron chi connectivity index (χ1n) is 26.0. The number of fused-ring (bicyclic) bond motifs is 10. The number of ether oxygens (including phenoxy) is 1. The number of rotatable bonds is 6. The molecule has 8 heteroatoms. The number of benzene rings is 9. The molecule has 0 saturated carbocycles. The third kappa shape index (κ3) is 6.35. The van der Waals surface area contributed by atoms with Crippen molar-refractivity contribution >= 4 is 90.1 Å². The second-order valence-corrected chi connectivity index (χ2v) is 21.8. The van der Waals surface area contributed by atoms with Crippen molar-refractivity contribution in [3.05, 3.63) is 242 Å². The van der Waals surface area contributed by atoms with Crippen LogP contribution in [-0.2, 0) is 10.8 Å². The van der Waals surface area contributed by atoms with E-state index in [0.717, 1.165) is 84.3 Å². The van der Waals surface area contributed by atoms with Crippen LogP contribution in [0.4, 0.5) is 34.1 Å². The molecule has 0 atom stereocenters. The highest BCUT2D eigenvalue weighted by molar-refractivity contribution is 7.00. The molecule has 0 bridgehead atoms. The van der Waals surface area contributed by atoms with Gasteiger partial charge in [0.15, 0.2) is 0 Å². The van der Waals surface area contributed by atoms with Crippen LogP contribution in [0.25, 0.3) is 50.0 Å². The standard InChI is InChI=1S/C67H51BN6O/c1-66(2,3)43-36-37-69-61(38-43)74-57-39-47(75-48-33-35-50-58(40-48)71-42-70(44-20-9-6-10-21-44)56-31-19-26-51(64(56)71)67(50,4)5)32-34-49(57)62-59(74)41-60-63-65(62)73(46-24-13-8-14-25-46)55-30-18-16-28-53(55)68(63)52-27-15-17-29-54(52)72(60)45-22-11-7-12-23-45/h6-41H,1-5H3. The monoisotopic (exact) mass is 966 g/mol. The number of para-hydroxylation sites is 6. The molecule has 3 aliphatic heterocycles. The summed E-state index contributed by atoms with van der Waals surface area (Å²) in [6, 6.07) is 76.9. The van der Waals surface area contributed by atoms with Crippen molar-refractivity contribution in [3.63, 3.8) is 0 Å². The second kappa shape index (κ2) is 15.9. The second-order valence-electron chi connectivity index (χ2n) is 21.8. The van der Waals surface area contributed by atoms with Crippen molar-refractivity contribution in [2.75, 3.05) is 9.80 Å². The van der Waals surface area contributed by atoms with E-state index >= 15 is 0 Å². The van der Waals surface area contributed by atoms with Crippen LogP contribution < -0.4 is 35.5 Å². The van der Waals surface area contributed by atoms with E-state index in [0.29, 0.717) is 0 Å². The van der Waals surface area contributed by atoms with Gasteiger partial charge in [0, 0.05) is 56.9 Å². The minimum atomic E-state index is -0.261. The highest BCUT2D eigenvalue weighted by Gasteiger charge is 2.45. The number of pyridine rings is 1. The molecule has 15 rings (SSSR count). The van der Waals surface area contributed by atoms with E-state index in [-0.39, 0.29) is 17.5 Å². The number of aromatic nitrogens is 4. The van der Waals surface area contributed by atoms with Gasteiger partial charge in [-0.25, -0.2) is 4.98 Å². The molecule has 358 valence electrons. The molecule has 0 spiro atoms. The third-order valence-electron chi connectivity index (χ3n) is 16.1. The topological polar surface area (TPSA) is 42.3 Å². The van der Waals surface area contributed by atoms with E-state index in [2.05, 4.69) is 277 Å². The summed E-state index contributed by atoms with van der Waals surface area (Å²) in [7, 11) is 0. The van der Waals surface area contributed by atoms with E-state index < -0.39 is 0 Å². The Morgan fingerprint density at radius 2 is 1.20 bits per heavy atom. The van der Waals surface area contributed by atoms with Crippen molar-refractivity contribution in [1.29, 1.82) is 0 Å². The molecule has 75 heavy (non-hydrogen) atoms. The van der Waals surface area contributed by atoms with Crippen LogP contribution in [-0.4, -0.2) is 20.8 Å². The van der Waals surface area contributed by atoms with Gasteiger partial charge in [-0.3, -0.25) is 13.7 Å². The van der Waals surface area contributed by atoms with Gasteiger partial charge in [-0.2, -0.15) is 0 Å². The summed E-state index contributed by atoms with van der Waals surface area (Å²) in [5, 5.41) is 2.27. The van der Waals surface area contributed by atoms with Crippen LogP contribution in [0, 0.1) is 6.33 Å². The molecule has 12 aromatic rings. The van der Waals surface area contributed by atoms with Gasteiger partial charge < -0.3 is 14.5 Å². The maximum atomic E-state index is 7.11.